The molecule has 0 bridgehead atoms. The summed E-state index contributed by atoms with van der Waals surface area (Å²) in [6.07, 6.45) is 3.65. The molecule has 0 aliphatic heterocycles. The van der Waals surface area contributed by atoms with Crippen LogP contribution in [0, 0.1) is 5.92 Å². The smallest absolute Gasteiger partial charge is 0.00817 e. The molecule has 1 saturated carbocycles. The predicted molar refractivity (Wildman–Crippen MR) is 39.0 cm³/mol. The van der Waals surface area contributed by atoms with E-state index in [0.717, 1.165) is 12.3 Å². The maximum absolute atomic E-state index is 5.80. The fourth-order valence-electron chi connectivity index (χ4n) is 1.15. The van der Waals surface area contributed by atoms with Crippen molar-refractivity contribution in [1.29, 1.82) is 0 Å². The number of nitrogens with two attached hydrogens (primary N) is 2. The minimum absolute atomic E-state index is 0.278. The van der Waals surface area contributed by atoms with Crippen LogP contribution in [0.4, 0.5) is 0 Å². The number of hydrogen-bond donors (Lipinski definition) is 2. The highest BCUT2D eigenvalue weighted by Crippen LogP contribution is 2.32. The van der Waals surface area contributed by atoms with Gasteiger partial charge in [0.2, 0.25) is 0 Å². The Morgan fingerprint density at radius 1 is 1.44 bits per heavy atom. The van der Waals surface area contributed by atoms with Crippen molar-refractivity contribution >= 4 is 0 Å². The summed E-state index contributed by atoms with van der Waals surface area (Å²) in [6, 6.07) is 0.658. The van der Waals surface area contributed by atoms with Gasteiger partial charge in [-0.3, -0.25) is 0 Å². The van der Waals surface area contributed by atoms with Crippen molar-refractivity contribution < 1.29 is 0 Å². The molecule has 2 atom stereocenters. The highest BCUT2D eigenvalue weighted by molar-refractivity contribution is 4.85. The SMILES string of the molecule is CC(N)CC(N)C1CC1. The van der Waals surface area contributed by atoms with Gasteiger partial charge in [-0.2, -0.15) is 0 Å². The van der Waals surface area contributed by atoms with Crippen LogP contribution < -0.4 is 11.5 Å². The molecule has 2 heteroatoms. The van der Waals surface area contributed by atoms with Crippen LogP contribution in [0.1, 0.15) is 26.2 Å². The maximum Gasteiger partial charge on any atom is 0.00817 e. The lowest BCUT2D eigenvalue weighted by atomic mass is 10.1. The number of rotatable bonds is 3. The molecule has 0 saturated heterocycles. The maximum atomic E-state index is 5.80. The van der Waals surface area contributed by atoms with Crippen LogP contribution in [0.3, 0.4) is 0 Å². The second kappa shape index (κ2) is 2.67. The lowest BCUT2D eigenvalue weighted by molar-refractivity contribution is 0.501. The van der Waals surface area contributed by atoms with E-state index < -0.39 is 0 Å². The van der Waals surface area contributed by atoms with Gasteiger partial charge < -0.3 is 11.5 Å². The van der Waals surface area contributed by atoms with E-state index in [2.05, 4.69) is 0 Å². The molecule has 0 amide bonds. The van der Waals surface area contributed by atoms with Gasteiger partial charge in [-0.1, -0.05) is 0 Å². The van der Waals surface area contributed by atoms with Crippen molar-refractivity contribution in [1.82, 2.24) is 0 Å². The molecule has 2 unspecified atom stereocenters. The molecule has 0 radical (unpaired) electrons. The molecule has 0 spiro atoms. The van der Waals surface area contributed by atoms with E-state index in [1.54, 1.807) is 0 Å². The zero-order chi connectivity index (χ0) is 6.85. The van der Waals surface area contributed by atoms with Gasteiger partial charge in [0.05, 0.1) is 0 Å². The van der Waals surface area contributed by atoms with E-state index in [-0.39, 0.29) is 6.04 Å². The largest absolute Gasteiger partial charge is 0.328 e. The van der Waals surface area contributed by atoms with Crippen molar-refractivity contribution in [3.63, 3.8) is 0 Å². The molecule has 1 rings (SSSR count). The highest BCUT2D eigenvalue weighted by Gasteiger charge is 2.28. The van der Waals surface area contributed by atoms with Crippen LogP contribution in [0.2, 0.25) is 0 Å². The first-order valence-corrected chi connectivity index (χ1v) is 3.71. The monoisotopic (exact) mass is 128 g/mol. The minimum atomic E-state index is 0.278. The zero-order valence-corrected chi connectivity index (χ0v) is 6.01. The third-order valence-corrected chi connectivity index (χ3v) is 1.87. The normalized spacial score (nSPS) is 25.7. The Kier molecular flexibility index (Phi) is 2.09. The molecule has 0 aromatic heterocycles. The van der Waals surface area contributed by atoms with E-state index in [0.29, 0.717) is 6.04 Å². The summed E-state index contributed by atoms with van der Waals surface area (Å²) in [5, 5.41) is 0. The summed E-state index contributed by atoms with van der Waals surface area (Å²) in [5.41, 5.74) is 11.4. The third kappa shape index (κ3) is 2.33. The summed E-state index contributed by atoms with van der Waals surface area (Å²) in [4.78, 5) is 0. The van der Waals surface area contributed by atoms with E-state index in [4.69, 9.17) is 11.5 Å². The summed E-state index contributed by atoms with van der Waals surface area (Å²) < 4.78 is 0. The van der Waals surface area contributed by atoms with Gasteiger partial charge in [-0.05, 0) is 32.1 Å². The molecular formula is C7H16N2. The van der Waals surface area contributed by atoms with Gasteiger partial charge in [-0.15, -0.1) is 0 Å². The fraction of sp³-hybridized carbons (Fsp3) is 1.00. The fourth-order valence-corrected chi connectivity index (χ4v) is 1.15. The van der Waals surface area contributed by atoms with Gasteiger partial charge in [0, 0.05) is 12.1 Å². The Bertz CT molecular complexity index is 86.9. The van der Waals surface area contributed by atoms with Crippen molar-refractivity contribution in [2.75, 3.05) is 0 Å². The molecule has 2 nitrogen and oxygen atoms in total. The van der Waals surface area contributed by atoms with Crippen LogP contribution in [0.25, 0.3) is 0 Å². The van der Waals surface area contributed by atoms with Gasteiger partial charge in [-0.25, -0.2) is 0 Å². The molecule has 0 aromatic rings. The van der Waals surface area contributed by atoms with Crippen molar-refractivity contribution in [3.8, 4) is 0 Å². The highest BCUT2D eigenvalue weighted by atomic mass is 14.7. The van der Waals surface area contributed by atoms with Crippen LogP contribution in [-0.2, 0) is 0 Å². The van der Waals surface area contributed by atoms with Crippen molar-refractivity contribution in [3.05, 3.63) is 0 Å². The molecule has 9 heavy (non-hydrogen) atoms. The van der Waals surface area contributed by atoms with Gasteiger partial charge in [0.25, 0.3) is 0 Å². The average Bonchev–Trinajstić information content (AvgIpc) is 2.40. The molecule has 1 aliphatic rings. The van der Waals surface area contributed by atoms with E-state index >= 15 is 0 Å². The molecule has 0 heterocycles. The van der Waals surface area contributed by atoms with E-state index in [1.807, 2.05) is 6.92 Å². The van der Waals surface area contributed by atoms with E-state index in [9.17, 15) is 0 Å². The molecule has 1 aliphatic carbocycles. The lowest BCUT2D eigenvalue weighted by Gasteiger charge is -2.11. The molecular weight excluding hydrogens is 112 g/mol. The lowest BCUT2D eigenvalue weighted by Crippen LogP contribution is -2.30. The predicted octanol–water partition coefficient (Wildman–Crippen LogP) is 0.461. The standard InChI is InChI=1S/C7H16N2/c1-5(8)4-7(9)6-2-3-6/h5-7H,2-4,8-9H2,1H3. The first-order chi connectivity index (χ1) is 4.20. The van der Waals surface area contributed by atoms with Gasteiger partial charge >= 0.3 is 0 Å². The zero-order valence-electron chi connectivity index (χ0n) is 6.01. The second-order valence-corrected chi connectivity index (χ2v) is 3.21. The third-order valence-electron chi connectivity index (χ3n) is 1.87. The Hall–Kier alpha value is -0.0800. The van der Waals surface area contributed by atoms with E-state index in [1.165, 1.54) is 12.8 Å². The molecule has 54 valence electrons. The van der Waals surface area contributed by atoms with Gasteiger partial charge in [0.15, 0.2) is 0 Å². The Morgan fingerprint density at radius 2 is 2.00 bits per heavy atom. The summed E-state index contributed by atoms with van der Waals surface area (Å²) in [5.74, 6) is 0.802. The van der Waals surface area contributed by atoms with Crippen LogP contribution in [0.15, 0.2) is 0 Å². The summed E-state index contributed by atoms with van der Waals surface area (Å²) in [6.45, 7) is 2.02. The van der Waals surface area contributed by atoms with Crippen LogP contribution in [-0.4, -0.2) is 12.1 Å². The Morgan fingerprint density at radius 3 is 2.33 bits per heavy atom. The molecule has 4 N–H and O–H groups in total. The quantitative estimate of drug-likeness (QED) is 0.580. The minimum Gasteiger partial charge on any atom is -0.328 e. The Balaban J connectivity index is 2.10. The molecule has 1 fully saturated rings. The van der Waals surface area contributed by atoms with Crippen molar-refractivity contribution in [2.24, 2.45) is 17.4 Å². The topological polar surface area (TPSA) is 52.0 Å². The number of hydrogen-bond acceptors (Lipinski definition) is 2. The average molecular weight is 128 g/mol. The first kappa shape index (κ1) is 7.03. The second-order valence-electron chi connectivity index (χ2n) is 3.21. The Labute approximate surface area is 56.6 Å². The first-order valence-electron chi connectivity index (χ1n) is 3.71. The summed E-state index contributed by atoms with van der Waals surface area (Å²) >= 11 is 0. The summed E-state index contributed by atoms with van der Waals surface area (Å²) in [7, 11) is 0. The molecule has 0 aromatic carbocycles. The van der Waals surface area contributed by atoms with Crippen LogP contribution >= 0.6 is 0 Å². The van der Waals surface area contributed by atoms with Gasteiger partial charge in [0.1, 0.15) is 0 Å². The van der Waals surface area contributed by atoms with Crippen LogP contribution in [0.5, 0.6) is 0 Å². The van der Waals surface area contributed by atoms with Crippen molar-refractivity contribution in [2.45, 2.75) is 38.3 Å².